The Morgan fingerprint density at radius 2 is 1.35 bits per heavy atom. The molecule has 6 rings (SSSR count). The first-order valence-corrected chi connectivity index (χ1v) is 32.7. The van der Waals surface area contributed by atoms with E-state index < -0.39 is 89.3 Å². The Kier molecular flexibility index (Phi) is 21.3. The predicted octanol–water partition coefficient (Wildman–Crippen LogP) is 6.96. The number of nitrogens with one attached hydrogen (secondary N) is 4. The first-order chi connectivity index (χ1) is 38.5. The second-order valence-corrected chi connectivity index (χ2v) is 26.4. The molecule has 0 aliphatic carbocycles. The molecule has 2 aromatic carbocycles. The molecule has 8 N–H and O–H groups in total. The molecule has 4 aromatic rings. The van der Waals surface area contributed by atoms with E-state index in [1.807, 2.05) is 87.1 Å². The lowest BCUT2D eigenvalue weighted by Crippen LogP contribution is -2.32. The van der Waals surface area contributed by atoms with Gasteiger partial charge in [-0.25, -0.2) is 4.98 Å². The Bertz CT molecular complexity index is 3540. The number of nitrogens with zero attached hydrogens (tertiary/aromatic N) is 3. The second kappa shape index (κ2) is 27.1. The van der Waals surface area contributed by atoms with Crippen molar-refractivity contribution in [2.45, 2.75) is 104 Å². The van der Waals surface area contributed by atoms with Gasteiger partial charge >= 0.3 is 5.97 Å². The lowest BCUT2D eigenvalue weighted by Gasteiger charge is -2.27. The van der Waals surface area contributed by atoms with Gasteiger partial charge in [-0.1, -0.05) is 58.8 Å². The third-order valence-corrected chi connectivity index (χ3v) is 17.4. The maximum Gasteiger partial charge on any atom is 0.303 e. The quantitative estimate of drug-likeness (QED) is 0.0118. The molecule has 2 aliphatic rings. The predicted molar refractivity (Wildman–Crippen MR) is 316 cm³/mol. The molecule has 22 nitrogen and oxygen atoms in total. The molecule has 444 valence electrons. The van der Waals surface area contributed by atoms with Gasteiger partial charge < -0.3 is 31.3 Å². The summed E-state index contributed by atoms with van der Waals surface area (Å²) in [6.45, 7) is 12.2. The molecule has 1 atom stereocenters. The molecule has 0 saturated carbocycles. The maximum absolute atomic E-state index is 13.9. The summed E-state index contributed by atoms with van der Waals surface area (Å²) >= 11 is 1.34. The molecular formula is C56H72N7O15S4+. The van der Waals surface area contributed by atoms with Gasteiger partial charge in [0.15, 0.2) is 5.71 Å². The summed E-state index contributed by atoms with van der Waals surface area (Å²) in [6, 6.07) is 10.1. The molecular weight excluding hydrogens is 1140 g/mol. The Balaban J connectivity index is 1.48. The molecule has 0 saturated heterocycles. The number of amides is 4. The normalized spacial score (nSPS) is 16.5. The van der Waals surface area contributed by atoms with Gasteiger partial charge in [-0.2, -0.15) is 29.8 Å². The number of thiophene rings is 1. The number of carboxylic acid groups (broad SMARTS) is 1. The lowest BCUT2D eigenvalue weighted by atomic mass is 9.74. The van der Waals surface area contributed by atoms with Crippen LogP contribution in [0, 0.1) is 0 Å². The van der Waals surface area contributed by atoms with Crippen molar-refractivity contribution >= 4 is 98.5 Å². The summed E-state index contributed by atoms with van der Waals surface area (Å²) in [5.74, 6) is -5.47. The Morgan fingerprint density at radius 1 is 0.720 bits per heavy atom. The minimum atomic E-state index is -4.47. The topological polar surface area (TPSA) is 336 Å². The highest BCUT2D eigenvalue weighted by molar-refractivity contribution is 7.86. The molecule has 0 radical (unpaired) electrons. The summed E-state index contributed by atoms with van der Waals surface area (Å²) in [6.07, 6.45) is 13.2. The number of pyridine rings is 1. The van der Waals surface area contributed by atoms with Crippen LogP contribution in [0.15, 0.2) is 77.9 Å². The molecule has 4 heterocycles. The fourth-order valence-electron chi connectivity index (χ4n) is 10.6. The molecule has 2 aromatic heterocycles. The Morgan fingerprint density at radius 3 is 1.94 bits per heavy atom. The Hall–Kier alpha value is -6.68. The summed E-state index contributed by atoms with van der Waals surface area (Å²) in [5.41, 5.74) is 3.96. The first kappa shape index (κ1) is 64.5. The zero-order chi connectivity index (χ0) is 60.4. The monoisotopic (exact) mass is 1210 g/mol. The van der Waals surface area contributed by atoms with Gasteiger partial charge in [0.25, 0.3) is 54.0 Å². The number of anilines is 1. The average Bonchev–Trinajstić information content (AvgIpc) is 1.75. The van der Waals surface area contributed by atoms with Gasteiger partial charge in [-0.15, -0.1) is 11.3 Å². The van der Waals surface area contributed by atoms with Crippen LogP contribution < -0.4 is 26.2 Å². The SMILES string of the molecule is CCCNC(=O)c1cc(C(=O)NCC)c2c(c1)N(CCCCCC(=O)O)/C(=C/C=C/C=C/C1=[N+](CCCS(=O)(=O)O)c3c(cc(-c4cc(C(=O)NCCS(=O)(=O)O)nc(C(=O)NCCS(=O)(=O)O)c4)c4sccc34)[C@]1(C)CCC)C2(C)C. The van der Waals surface area contributed by atoms with Crippen LogP contribution >= 0.6 is 11.3 Å². The minimum Gasteiger partial charge on any atom is -0.481 e. The zero-order valence-electron chi connectivity index (χ0n) is 46.7. The molecule has 0 bridgehead atoms. The number of carboxylic acids is 1. The van der Waals surface area contributed by atoms with Crippen LogP contribution in [-0.4, -0.2) is 145 Å². The fraction of sp³-hybridized carbons (Fsp3) is 0.446. The van der Waals surface area contributed by atoms with Gasteiger partial charge in [0.1, 0.15) is 17.9 Å². The number of allylic oxidation sites excluding steroid dienone is 6. The maximum atomic E-state index is 13.9. The van der Waals surface area contributed by atoms with Crippen molar-refractivity contribution < 1.29 is 72.6 Å². The number of rotatable bonds is 29. The van der Waals surface area contributed by atoms with Crippen molar-refractivity contribution in [1.82, 2.24) is 26.3 Å². The molecule has 2 aliphatic heterocycles. The van der Waals surface area contributed by atoms with Crippen LogP contribution in [0.4, 0.5) is 11.4 Å². The van der Waals surface area contributed by atoms with Crippen molar-refractivity contribution in [1.29, 1.82) is 0 Å². The minimum absolute atomic E-state index is 0.0197. The molecule has 26 heteroatoms. The summed E-state index contributed by atoms with van der Waals surface area (Å²) < 4.78 is 101. The van der Waals surface area contributed by atoms with Crippen LogP contribution in [0.2, 0.25) is 0 Å². The lowest BCUT2D eigenvalue weighted by molar-refractivity contribution is -0.435. The summed E-state index contributed by atoms with van der Waals surface area (Å²) in [7, 11) is -13.3. The standard InChI is InChI=1S/C56H71N7O15S4/c1-7-21-56(6)41-35-39(36-32-42(53(68)59-23-29-81(73,74)75)61-43(33-36)54(69)60-24-30-82(76,77)78)50-38(20-27-79-50)49(41)63(26-16-28-80(70,71)72)46(56)18-13-10-12-17-45-55(4,5)48-40(52(67)57-9-3)31-37(51(66)58-22-8-2)34-44(48)62(45)25-15-11-14-19-47(64)65/h10,12-13,17-18,20,27,31-35H,7-9,11,14-16,19,21-26,28-30H2,1-6H3,(H7-,57,58,59,60,64,65,66,67,68,69,70,71,72,73,74,75,76,77,78)/p+1/t56-/m0/s1. The van der Waals surface area contributed by atoms with E-state index >= 15 is 0 Å². The van der Waals surface area contributed by atoms with E-state index in [2.05, 4.69) is 38.1 Å². The number of hydrogen-bond acceptors (Lipinski definition) is 14. The number of benzene rings is 2. The van der Waals surface area contributed by atoms with Gasteiger partial charge in [-0.3, -0.25) is 37.6 Å². The Labute approximate surface area is 482 Å². The first-order valence-electron chi connectivity index (χ1n) is 27.0. The van der Waals surface area contributed by atoms with E-state index in [1.54, 1.807) is 12.1 Å². The second-order valence-electron chi connectivity index (χ2n) is 20.8. The van der Waals surface area contributed by atoms with Crippen molar-refractivity contribution in [2.24, 2.45) is 0 Å². The van der Waals surface area contributed by atoms with E-state index in [0.717, 1.165) is 33.6 Å². The van der Waals surface area contributed by atoms with E-state index in [9.17, 15) is 68.0 Å². The van der Waals surface area contributed by atoms with Crippen LogP contribution in [0.3, 0.4) is 0 Å². The highest BCUT2D eigenvalue weighted by Crippen LogP contribution is 2.52. The van der Waals surface area contributed by atoms with Gasteiger partial charge in [0, 0.05) is 101 Å². The van der Waals surface area contributed by atoms with E-state index in [1.165, 1.54) is 23.5 Å². The van der Waals surface area contributed by atoms with Gasteiger partial charge in [0.2, 0.25) is 5.69 Å². The number of hydrogen-bond donors (Lipinski definition) is 8. The highest BCUT2D eigenvalue weighted by atomic mass is 32.2. The van der Waals surface area contributed by atoms with Crippen molar-refractivity contribution in [3.63, 3.8) is 0 Å². The summed E-state index contributed by atoms with van der Waals surface area (Å²) in [5, 5.41) is 22.5. The molecule has 4 amide bonds. The number of aromatic nitrogens is 1. The van der Waals surface area contributed by atoms with Crippen LogP contribution in [0.25, 0.3) is 21.2 Å². The number of unbranched alkanes of at least 4 members (excludes halogenated alkanes) is 2. The molecule has 0 fully saturated rings. The van der Waals surface area contributed by atoms with E-state index in [0.29, 0.717) is 90.8 Å². The number of aliphatic carboxylic acids is 1. The van der Waals surface area contributed by atoms with Crippen LogP contribution in [0.5, 0.6) is 0 Å². The van der Waals surface area contributed by atoms with Crippen molar-refractivity contribution in [3.05, 3.63) is 111 Å². The van der Waals surface area contributed by atoms with Crippen LogP contribution in [-0.2, 0) is 46.0 Å². The molecule has 82 heavy (non-hydrogen) atoms. The molecule has 0 unspecified atom stereocenters. The van der Waals surface area contributed by atoms with Gasteiger partial charge in [0.05, 0.1) is 28.1 Å². The van der Waals surface area contributed by atoms with E-state index in [-0.39, 0.29) is 42.6 Å². The fourth-order valence-corrected chi connectivity index (χ4v) is 12.7. The highest BCUT2D eigenvalue weighted by Gasteiger charge is 2.49. The summed E-state index contributed by atoms with van der Waals surface area (Å²) in [4.78, 5) is 72.3. The number of carbonyl (C=O) groups excluding carboxylic acids is 4. The zero-order valence-corrected chi connectivity index (χ0v) is 50.0. The number of fused-ring (bicyclic) bond motifs is 4. The van der Waals surface area contributed by atoms with Gasteiger partial charge in [-0.05, 0) is 92.9 Å². The average molecular weight is 1210 g/mol. The van der Waals surface area contributed by atoms with Crippen molar-refractivity contribution in [2.75, 3.05) is 61.4 Å². The third kappa shape index (κ3) is 15.9. The van der Waals surface area contributed by atoms with Crippen molar-refractivity contribution in [3.8, 4) is 11.1 Å². The van der Waals surface area contributed by atoms with E-state index in [4.69, 9.17) is 0 Å². The largest absolute Gasteiger partial charge is 0.481 e. The molecule has 0 spiro atoms. The third-order valence-electron chi connectivity index (χ3n) is 14.2. The van der Waals surface area contributed by atoms with Crippen LogP contribution in [0.1, 0.15) is 146 Å². The number of carbonyl (C=O) groups is 5. The smallest absolute Gasteiger partial charge is 0.303 e.